The lowest BCUT2D eigenvalue weighted by atomic mass is 10.3. The minimum absolute atomic E-state index is 0.00347. The summed E-state index contributed by atoms with van der Waals surface area (Å²) in [6.45, 7) is 1.81. The molecule has 0 aliphatic heterocycles. The van der Waals surface area contributed by atoms with Crippen LogP contribution in [-0.2, 0) is 0 Å². The SMILES string of the molecule is Cc1cccc(Nc2ncnc(Nc3cccc(Cl)c3Cl)c2[N+](=O)[O-])n1. The van der Waals surface area contributed by atoms with Crippen LogP contribution < -0.4 is 10.6 Å². The number of halogens is 2. The average Bonchev–Trinajstić information content (AvgIpc) is 2.59. The molecular weight excluding hydrogens is 379 g/mol. The van der Waals surface area contributed by atoms with Gasteiger partial charge < -0.3 is 10.6 Å². The lowest BCUT2D eigenvalue weighted by Crippen LogP contribution is -2.06. The Morgan fingerprint density at radius 1 is 1.04 bits per heavy atom. The van der Waals surface area contributed by atoms with E-state index in [1.165, 1.54) is 6.33 Å². The Morgan fingerprint density at radius 2 is 1.73 bits per heavy atom. The smallest absolute Gasteiger partial charge is 0.333 e. The molecule has 2 N–H and O–H groups in total. The fourth-order valence-electron chi connectivity index (χ4n) is 2.20. The van der Waals surface area contributed by atoms with Crippen LogP contribution in [0.2, 0.25) is 10.0 Å². The highest BCUT2D eigenvalue weighted by atomic mass is 35.5. The second-order valence-corrected chi connectivity index (χ2v) is 5.98. The molecule has 3 rings (SSSR count). The fraction of sp³-hybridized carbons (Fsp3) is 0.0625. The van der Waals surface area contributed by atoms with Gasteiger partial charge in [-0.25, -0.2) is 15.0 Å². The molecule has 0 saturated carbocycles. The van der Waals surface area contributed by atoms with Crippen molar-refractivity contribution in [2.45, 2.75) is 6.92 Å². The first-order chi connectivity index (χ1) is 12.5. The first-order valence-electron chi connectivity index (χ1n) is 7.37. The number of hydrogen-bond donors (Lipinski definition) is 2. The van der Waals surface area contributed by atoms with Gasteiger partial charge in [0.05, 0.1) is 20.7 Å². The molecule has 2 aromatic heterocycles. The zero-order chi connectivity index (χ0) is 18.7. The van der Waals surface area contributed by atoms with E-state index in [1.807, 2.05) is 13.0 Å². The maximum atomic E-state index is 11.6. The zero-order valence-corrected chi connectivity index (χ0v) is 14.9. The summed E-state index contributed by atoms with van der Waals surface area (Å²) >= 11 is 12.1. The largest absolute Gasteiger partial charge is 0.353 e. The minimum Gasteiger partial charge on any atom is -0.333 e. The van der Waals surface area contributed by atoms with E-state index < -0.39 is 4.92 Å². The molecule has 0 aliphatic carbocycles. The number of nitrogens with zero attached hydrogens (tertiary/aromatic N) is 4. The minimum atomic E-state index is -0.584. The van der Waals surface area contributed by atoms with Gasteiger partial charge in [-0.2, -0.15) is 0 Å². The molecule has 0 unspecified atom stereocenters. The molecule has 132 valence electrons. The predicted molar refractivity (Wildman–Crippen MR) is 101 cm³/mol. The van der Waals surface area contributed by atoms with E-state index in [1.54, 1.807) is 30.3 Å². The van der Waals surface area contributed by atoms with Crippen molar-refractivity contribution < 1.29 is 4.92 Å². The van der Waals surface area contributed by atoms with Crippen LogP contribution in [0.3, 0.4) is 0 Å². The van der Waals surface area contributed by atoms with E-state index in [0.717, 1.165) is 5.69 Å². The normalized spacial score (nSPS) is 10.4. The highest BCUT2D eigenvalue weighted by molar-refractivity contribution is 6.43. The lowest BCUT2D eigenvalue weighted by Gasteiger charge is -2.11. The van der Waals surface area contributed by atoms with E-state index in [0.29, 0.717) is 16.5 Å². The van der Waals surface area contributed by atoms with Crippen molar-refractivity contribution in [1.82, 2.24) is 15.0 Å². The monoisotopic (exact) mass is 390 g/mol. The Labute approximate surface area is 158 Å². The number of nitrogens with one attached hydrogen (secondary N) is 2. The van der Waals surface area contributed by atoms with Crippen molar-refractivity contribution in [2.75, 3.05) is 10.6 Å². The van der Waals surface area contributed by atoms with Gasteiger partial charge in [0.2, 0.25) is 11.6 Å². The Hall–Kier alpha value is -2.97. The summed E-state index contributed by atoms with van der Waals surface area (Å²) in [5.41, 5.74) is 0.809. The number of benzene rings is 1. The molecule has 0 atom stereocenters. The molecule has 10 heteroatoms. The second kappa shape index (κ2) is 7.51. The first-order valence-corrected chi connectivity index (χ1v) is 8.12. The summed E-state index contributed by atoms with van der Waals surface area (Å²) in [7, 11) is 0. The Balaban J connectivity index is 2.01. The van der Waals surface area contributed by atoms with Gasteiger partial charge in [0.25, 0.3) is 0 Å². The maximum absolute atomic E-state index is 11.6. The number of nitro groups is 1. The molecule has 8 nitrogen and oxygen atoms in total. The van der Waals surface area contributed by atoms with Crippen molar-refractivity contribution in [1.29, 1.82) is 0 Å². The molecule has 3 aromatic rings. The first kappa shape index (κ1) is 17.8. The number of pyridine rings is 1. The van der Waals surface area contributed by atoms with Gasteiger partial charge in [-0.05, 0) is 31.2 Å². The molecule has 0 bridgehead atoms. The second-order valence-electron chi connectivity index (χ2n) is 5.19. The standard InChI is InChI=1S/C16H12Cl2N6O2/c1-9-4-2-7-12(21-9)23-16-14(24(25)26)15(19-8-20-16)22-11-6-3-5-10(17)13(11)18/h2-8H,1H3,(H2,19,20,21,22,23). The van der Waals surface area contributed by atoms with Crippen molar-refractivity contribution >= 4 is 52.0 Å². The van der Waals surface area contributed by atoms with Gasteiger partial charge in [-0.15, -0.1) is 0 Å². The predicted octanol–water partition coefficient (Wildman–Crippen LogP) is 4.88. The molecule has 1 aromatic carbocycles. The fourth-order valence-corrected chi connectivity index (χ4v) is 2.54. The summed E-state index contributed by atoms with van der Waals surface area (Å²) in [4.78, 5) is 23.2. The van der Waals surface area contributed by atoms with Crippen molar-refractivity contribution in [2.24, 2.45) is 0 Å². The van der Waals surface area contributed by atoms with Crippen LogP contribution in [0.1, 0.15) is 5.69 Å². The highest BCUT2D eigenvalue weighted by Crippen LogP contribution is 2.36. The highest BCUT2D eigenvalue weighted by Gasteiger charge is 2.24. The zero-order valence-electron chi connectivity index (χ0n) is 13.4. The van der Waals surface area contributed by atoms with Gasteiger partial charge in [-0.3, -0.25) is 10.1 Å². The van der Waals surface area contributed by atoms with E-state index in [2.05, 4.69) is 25.6 Å². The van der Waals surface area contributed by atoms with Crippen LogP contribution in [0.15, 0.2) is 42.7 Å². The van der Waals surface area contributed by atoms with Crippen LogP contribution in [0.25, 0.3) is 0 Å². The Morgan fingerprint density at radius 3 is 2.42 bits per heavy atom. The van der Waals surface area contributed by atoms with Gasteiger partial charge in [0.1, 0.15) is 12.1 Å². The molecule has 0 aliphatic rings. The number of anilines is 4. The van der Waals surface area contributed by atoms with Crippen LogP contribution in [0.4, 0.5) is 28.8 Å². The number of rotatable bonds is 5. The van der Waals surface area contributed by atoms with Crippen LogP contribution in [-0.4, -0.2) is 19.9 Å². The van der Waals surface area contributed by atoms with E-state index in [-0.39, 0.29) is 22.3 Å². The quantitative estimate of drug-likeness (QED) is 0.472. The van der Waals surface area contributed by atoms with E-state index >= 15 is 0 Å². The summed E-state index contributed by atoms with van der Waals surface area (Å²) in [5.74, 6) is 0.409. The Bertz CT molecular complexity index is 983. The molecule has 2 heterocycles. The van der Waals surface area contributed by atoms with Crippen LogP contribution >= 0.6 is 23.2 Å². The van der Waals surface area contributed by atoms with E-state index in [4.69, 9.17) is 23.2 Å². The Kier molecular flexibility index (Phi) is 5.15. The number of aromatic nitrogens is 3. The molecule has 0 radical (unpaired) electrons. The van der Waals surface area contributed by atoms with Gasteiger partial charge >= 0.3 is 5.69 Å². The number of hydrogen-bond acceptors (Lipinski definition) is 7. The lowest BCUT2D eigenvalue weighted by molar-refractivity contribution is -0.383. The molecule has 0 spiro atoms. The maximum Gasteiger partial charge on any atom is 0.353 e. The summed E-state index contributed by atoms with van der Waals surface area (Å²) in [6, 6.07) is 10.2. The van der Waals surface area contributed by atoms with Crippen molar-refractivity contribution in [3.8, 4) is 0 Å². The average molecular weight is 391 g/mol. The molecule has 26 heavy (non-hydrogen) atoms. The van der Waals surface area contributed by atoms with Crippen LogP contribution in [0, 0.1) is 17.0 Å². The van der Waals surface area contributed by atoms with Crippen molar-refractivity contribution in [3.05, 3.63) is 68.6 Å². The molecule has 0 saturated heterocycles. The third-order valence-electron chi connectivity index (χ3n) is 3.34. The summed E-state index contributed by atoms with van der Waals surface area (Å²) < 4.78 is 0. The third-order valence-corrected chi connectivity index (χ3v) is 4.16. The summed E-state index contributed by atoms with van der Waals surface area (Å²) in [6.07, 6.45) is 1.20. The summed E-state index contributed by atoms with van der Waals surface area (Å²) in [5, 5.41) is 17.8. The van der Waals surface area contributed by atoms with Crippen LogP contribution in [0.5, 0.6) is 0 Å². The van der Waals surface area contributed by atoms with E-state index in [9.17, 15) is 10.1 Å². The van der Waals surface area contributed by atoms with Crippen molar-refractivity contribution in [3.63, 3.8) is 0 Å². The third kappa shape index (κ3) is 3.81. The van der Waals surface area contributed by atoms with Gasteiger partial charge in [-0.1, -0.05) is 35.3 Å². The van der Waals surface area contributed by atoms with Gasteiger partial charge in [0, 0.05) is 5.69 Å². The topological polar surface area (TPSA) is 106 Å². The molecule has 0 fully saturated rings. The molecular formula is C16H12Cl2N6O2. The molecule has 0 amide bonds. The van der Waals surface area contributed by atoms with Gasteiger partial charge in [0.15, 0.2) is 0 Å². The number of aryl methyl sites for hydroxylation is 1.